The van der Waals surface area contributed by atoms with Crippen LogP contribution in [0.1, 0.15) is 17.5 Å². The van der Waals surface area contributed by atoms with Crippen LogP contribution >= 0.6 is 11.8 Å². The second-order valence-corrected chi connectivity index (χ2v) is 6.26. The van der Waals surface area contributed by atoms with Crippen LogP contribution in [0.3, 0.4) is 0 Å². The maximum atomic E-state index is 4.21. The summed E-state index contributed by atoms with van der Waals surface area (Å²) in [5.74, 6) is 1.10. The van der Waals surface area contributed by atoms with E-state index in [2.05, 4.69) is 47.8 Å². The molecule has 0 bridgehead atoms. The van der Waals surface area contributed by atoms with Gasteiger partial charge in [0.1, 0.15) is 0 Å². The molecule has 3 nitrogen and oxygen atoms in total. The minimum absolute atomic E-state index is 0.529. The highest BCUT2D eigenvalue weighted by Gasteiger charge is 2.08. The van der Waals surface area contributed by atoms with E-state index in [4.69, 9.17) is 0 Å². The Labute approximate surface area is 125 Å². The summed E-state index contributed by atoms with van der Waals surface area (Å²) in [6, 6.07) is 9.28. The topological polar surface area (TPSA) is 29.9 Å². The van der Waals surface area contributed by atoms with Gasteiger partial charge in [-0.1, -0.05) is 17.7 Å². The van der Waals surface area contributed by atoms with Gasteiger partial charge < -0.3 is 5.32 Å². The number of hydrogen-bond acceptors (Lipinski definition) is 3. The van der Waals surface area contributed by atoms with Crippen LogP contribution in [0.4, 0.5) is 0 Å². The van der Waals surface area contributed by atoms with Crippen LogP contribution in [0.25, 0.3) is 0 Å². The van der Waals surface area contributed by atoms with Crippen LogP contribution in [0, 0.1) is 6.92 Å². The van der Waals surface area contributed by atoms with Crippen LogP contribution in [0.2, 0.25) is 0 Å². The molecule has 1 unspecified atom stereocenters. The molecule has 0 aliphatic heterocycles. The molecule has 2 rings (SSSR count). The molecule has 1 aromatic carbocycles. The van der Waals surface area contributed by atoms with Gasteiger partial charge >= 0.3 is 0 Å². The Bertz CT molecular complexity index is 519. The fourth-order valence-electron chi connectivity index (χ4n) is 2.08. The SMILES string of the molecule is CNC(CCc1cnn(C)c1)CSc1ccc(C)cc1. The first-order valence-electron chi connectivity index (χ1n) is 7.01. The van der Waals surface area contributed by atoms with E-state index in [1.54, 1.807) is 0 Å². The maximum Gasteiger partial charge on any atom is 0.0521 e. The molecule has 4 heteroatoms. The fraction of sp³-hybridized carbons (Fsp3) is 0.438. The Hall–Kier alpha value is -1.26. The summed E-state index contributed by atoms with van der Waals surface area (Å²) in [5, 5.41) is 7.63. The van der Waals surface area contributed by atoms with Crippen LogP contribution in [0.5, 0.6) is 0 Å². The third-order valence-corrected chi connectivity index (χ3v) is 4.59. The zero-order valence-electron chi connectivity index (χ0n) is 12.5. The van der Waals surface area contributed by atoms with Gasteiger partial charge in [-0.2, -0.15) is 5.10 Å². The molecule has 0 aliphatic carbocycles. The monoisotopic (exact) mass is 289 g/mol. The molecule has 1 aromatic heterocycles. The smallest absolute Gasteiger partial charge is 0.0521 e. The van der Waals surface area contributed by atoms with Crippen molar-refractivity contribution in [3.63, 3.8) is 0 Å². The summed E-state index contributed by atoms with van der Waals surface area (Å²) in [4.78, 5) is 1.34. The van der Waals surface area contributed by atoms with Crippen molar-refractivity contribution < 1.29 is 0 Å². The minimum Gasteiger partial charge on any atom is -0.316 e. The van der Waals surface area contributed by atoms with E-state index in [1.807, 2.05) is 36.7 Å². The Kier molecular flexibility index (Phi) is 5.68. The molecule has 1 atom stereocenters. The van der Waals surface area contributed by atoms with Crippen molar-refractivity contribution in [2.24, 2.45) is 7.05 Å². The Morgan fingerprint density at radius 3 is 2.65 bits per heavy atom. The summed E-state index contributed by atoms with van der Waals surface area (Å²) < 4.78 is 1.87. The number of hydrogen-bond donors (Lipinski definition) is 1. The third-order valence-electron chi connectivity index (χ3n) is 3.42. The van der Waals surface area contributed by atoms with Gasteiger partial charge in [-0.15, -0.1) is 11.8 Å². The highest BCUT2D eigenvalue weighted by molar-refractivity contribution is 7.99. The number of thioether (sulfide) groups is 1. The first kappa shape index (κ1) is 15.1. The molecule has 20 heavy (non-hydrogen) atoms. The standard InChI is InChI=1S/C16H23N3S/c1-13-4-8-16(9-5-13)20-12-15(17-2)7-6-14-10-18-19(3)11-14/h4-5,8-11,15,17H,6-7,12H2,1-3H3. The second-order valence-electron chi connectivity index (χ2n) is 5.17. The lowest BCUT2D eigenvalue weighted by molar-refractivity contribution is 0.572. The van der Waals surface area contributed by atoms with Gasteiger partial charge in [0.25, 0.3) is 0 Å². The van der Waals surface area contributed by atoms with Crippen LogP contribution < -0.4 is 5.32 Å². The predicted octanol–water partition coefficient (Wildman–Crippen LogP) is 3.04. The Morgan fingerprint density at radius 2 is 2.05 bits per heavy atom. The van der Waals surface area contributed by atoms with Crippen LogP contribution in [-0.4, -0.2) is 28.6 Å². The van der Waals surface area contributed by atoms with E-state index in [0.29, 0.717) is 6.04 Å². The fourth-order valence-corrected chi connectivity index (χ4v) is 3.14. The van der Waals surface area contributed by atoms with Gasteiger partial charge in [0.2, 0.25) is 0 Å². The van der Waals surface area contributed by atoms with Crippen molar-refractivity contribution in [1.82, 2.24) is 15.1 Å². The molecule has 0 saturated heterocycles. The molecule has 0 aliphatic rings. The molecule has 0 fully saturated rings. The summed E-state index contributed by atoms with van der Waals surface area (Å²) in [5.41, 5.74) is 2.63. The molecule has 0 amide bonds. The summed E-state index contributed by atoms with van der Waals surface area (Å²) >= 11 is 1.92. The van der Waals surface area contributed by atoms with Crippen molar-refractivity contribution in [3.8, 4) is 0 Å². The predicted molar refractivity (Wildman–Crippen MR) is 86.3 cm³/mol. The lowest BCUT2D eigenvalue weighted by atomic mass is 10.1. The molecular formula is C16H23N3S. The number of aromatic nitrogens is 2. The quantitative estimate of drug-likeness (QED) is 0.795. The molecule has 0 spiro atoms. The van der Waals surface area contributed by atoms with E-state index in [1.165, 1.54) is 16.0 Å². The molecule has 1 N–H and O–H groups in total. The van der Waals surface area contributed by atoms with E-state index >= 15 is 0 Å². The van der Waals surface area contributed by atoms with Gasteiger partial charge in [0.15, 0.2) is 0 Å². The van der Waals surface area contributed by atoms with Crippen molar-refractivity contribution in [3.05, 3.63) is 47.8 Å². The number of rotatable bonds is 7. The lowest BCUT2D eigenvalue weighted by Gasteiger charge is -2.15. The first-order chi connectivity index (χ1) is 9.67. The maximum absolute atomic E-state index is 4.21. The summed E-state index contributed by atoms with van der Waals surface area (Å²) in [7, 11) is 4.01. The number of nitrogens with one attached hydrogen (secondary N) is 1. The molecule has 1 heterocycles. The largest absolute Gasteiger partial charge is 0.316 e. The third kappa shape index (κ3) is 4.69. The van der Waals surface area contributed by atoms with Gasteiger partial charge in [-0.3, -0.25) is 4.68 Å². The number of aryl methyl sites for hydroxylation is 3. The van der Waals surface area contributed by atoms with Gasteiger partial charge in [0.05, 0.1) is 6.20 Å². The van der Waals surface area contributed by atoms with E-state index < -0.39 is 0 Å². The lowest BCUT2D eigenvalue weighted by Crippen LogP contribution is -2.28. The zero-order valence-corrected chi connectivity index (χ0v) is 13.3. The van der Waals surface area contributed by atoms with Crippen LogP contribution in [0.15, 0.2) is 41.6 Å². The highest BCUT2D eigenvalue weighted by Crippen LogP contribution is 2.20. The van der Waals surface area contributed by atoms with Gasteiger partial charge in [0, 0.05) is 29.9 Å². The average Bonchev–Trinajstić information content (AvgIpc) is 2.87. The van der Waals surface area contributed by atoms with Crippen LogP contribution in [-0.2, 0) is 13.5 Å². The highest BCUT2D eigenvalue weighted by atomic mass is 32.2. The van der Waals surface area contributed by atoms with E-state index in [0.717, 1.165) is 18.6 Å². The van der Waals surface area contributed by atoms with E-state index in [9.17, 15) is 0 Å². The molecule has 0 saturated carbocycles. The molecular weight excluding hydrogens is 266 g/mol. The van der Waals surface area contributed by atoms with Gasteiger partial charge in [-0.25, -0.2) is 0 Å². The minimum atomic E-state index is 0.529. The zero-order chi connectivity index (χ0) is 14.4. The molecule has 2 aromatic rings. The van der Waals surface area contributed by atoms with Crippen molar-refractivity contribution in [2.45, 2.75) is 30.7 Å². The Morgan fingerprint density at radius 1 is 1.30 bits per heavy atom. The Balaban J connectivity index is 1.78. The van der Waals surface area contributed by atoms with E-state index in [-0.39, 0.29) is 0 Å². The van der Waals surface area contributed by atoms with Crippen molar-refractivity contribution in [1.29, 1.82) is 0 Å². The second kappa shape index (κ2) is 7.50. The number of nitrogens with zero attached hydrogens (tertiary/aromatic N) is 2. The molecule has 108 valence electrons. The molecule has 0 radical (unpaired) electrons. The summed E-state index contributed by atoms with van der Waals surface area (Å²) in [6.07, 6.45) is 6.27. The van der Waals surface area contributed by atoms with Gasteiger partial charge in [-0.05, 0) is 44.5 Å². The summed E-state index contributed by atoms with van der Waals surface area (Å²) in [6.45, 7) is 2.12. The normalized spacial score (nSPS) is 12.6. The number of benzene rings is 1. The first-order valence-corrected chi connectivity index (χ1v) is 8.00. The van der Waals surface area contributed by atoms with Crippen molar-refractivity contribution in [2.75, 3.05) is 12.8 Å². The van der Waals surface area contributed by atoms with Crippen molar-refractivity contribution >= 4 is 11.8 Å². The average molecular weight is 289 g/mol.